The highest BCUT2D eigenvalue weighted by atomic mass is 16.5. The number of aromatic nitrogens is 1. The smallest absolute Gasteiger partial charge is 0.170 e. The molecule has 0 bridgehead atoms. The average Bonchev–Trinajstić information content (AvgIpc) is 2.49. The van der Waals surface area contributed by atoms with Gasteiger partial charge in [-0.3, -0.25) is 0 Å². The Morgan fingerprint density at radius 1 is 1.57 bits per heavy atom. The topological polar surface area (TPSA) is 66.2 Å². The van der Waals surface area contributed by atoms with Gasteiger partial charge in [-0.15, -0.1) is 0 Å². The van der Waals surface area contributed by atoms with Crippen LogP contribution in [0.4, 0.5) is 0 Å². The Hall–Kier alpha value is -1.84. The predicted molar refractivity (Wildman–Crippen MR) is 47.5 cm³/mol. The van der Waals surface area contributed by atoms with E-state index < -0.39 is 5.97 Å². The highest BCUT2D eigenvalue weighted by Crippen LogP contribution is 2.21. The zero-order valence-electron chi connectivity index (χ0n) is 7.61. The number of nitrogens with zero attached hydrogens (tertiary/aromatic N) is 1. The average molecular weight is 190 g/mol. The van der Waals surface area contributed by atoms with E-state index in [-0.39, 0.29) is 6.42 Å². The SMILES string of the molecule is Cc1cccc2c(CC(=O)[O-])noc12. The number of fused-ring (bicyclic) bond motifs is 1. The molecule has 0 fully saturated rings. The fraction of sp³-hybridized carbons (Fsp3) is 0.200. The number of para-hydroxylation sites is 1. The Morgan fingerprint density at radius 3 is 3.07 bits per heavy atom. The monoisotopic (exact) mass is 190 g/mol. The largest absolute Gasteiger partial charge is 0.550 e. The summed E-state index contributed by atoms with van der Waals surface area (Å²) in [5.74, 6) is -1.15. The van der Waals surface area contributed by atoms with Gasteiger partial charge in [0, 0.05) is 17.8 Å². The third-order valence-electron chi connectivity index (χ3n) is 2.08. The summed E-state index contributed by atoms with van der Waals surface area (Å²) < 4.78 is 5.04. The van der Waals surface area contributed by atoms with Crippen LogP contribution in [-0.2, 0) is 11.2 Å². The number of carbonyl (C=O) groups excluding carboxylic acids is 1. The van der Waals surface area contributed by atoms with Gasteiger partial charge in [0.15, 0.2) is 5.58 Å². The van der Waals surface area contributed by atoms with E-state index in [4.69, 9.17) is 4.52 Å². The number of carboxylic acid groups (broad SMARTS) is 1. The molecule has 2 rings (SSSR count). The number of aliphatic carboxylic acids is 1. The van der Waals surface area contributed by atoms with Crippen molar-refractivity contribution in [2.75, 3.05) is 0 Å². The molecular formula is C10H8NO3-. The van der Waals surface area contributed by atoms with Gasteiger partial charge < -0.3 is 14.4 Å². The van der Waals surface area contributed by atoms with E-state index in [1.807, 2.05) is 19.1 Å². The number of benzene rings is 1. The molecule has 0 aliphatic heterocycles. The van der Waals surface area contributed by atoms with Gasteiger partial charge in [0.05, 0.1) is 5.69 Å². The first-order chi connectivity index (χ1) is 6.68. The molecule has 14 heavy (non-hydrogen) atoms. The Bertz CT molecular complexity index is 487. The fourth-order valence-electron chi connectivity index (χ4n) is 1.42. The Kier molecular flexibility index (Phi) is 1.96. The van der Waals surface area contributed by atoms with Gasteiger partial charge in [-0.05, 0) is 18.6 Å². The minimum absolute atomic E-state index is 0.212. The predicted octanol–water partition coefficient (Wildman–Crippen LogP) is 0.429. The van der Waals surface area contributed by atoms with Crippen molar-refractivity contribution in [1.82, 2.24) is 5.16 Å². The van der Waals surface area contributed by atoms with Crippen LogP contribution in [0.5, 0.6) is 0 Å². The van der Waals surface area contributed by atoms with Crippen molar-refractivity contribution in [3.63, 3.8) is 0 Å². The fourth-order valence-corrected chi connectivity index (χ4v) is 1.42. The second-order valence-electron chi connectivity index (χ2n) is 3.13. The number of carboxylic acids is 1. The first kappa shape index (κ1) is 8.74. The molecule has 1 aromatic heterocycles. The van der Waals surface area contributed by atoms with Crippen LogP contribution in [0, 0.1) is 6.92 Å². The third-order valence-corrected chi connectivity index (χ3v) is 2.08. The van der Waals surface area contributed by atoms with Crippen molar-refractivity contribution < 1.29 is 14.4 Å². The Balaban J connectivity index is 2.58. The van der Waals surface area contributed by atoms with Crippen molar-refractivity contribution in [2.24, 2.45) is 0 Å². The van der Waals surface area contributed by atoms with Crippen LogP contribution in [0.15, 0.2) is 22.7 Å². The van der Waals surface area contributed by atoms with Gasteiger partial charge in [0.25, 0.3) is 0 Å². The third kappa shape index (κ3) is 1.35. The number of carbonyl (C=O) groups is 1. The summed E-state index contributed by atoms with van der Waals surface area (Å²) >= 11 is 0. The molecule has 0 aliphatic rings. The quantitative estimate of drug-likeness (QED) is 0.688. The molecule has 0 saturated carbocycles. The van der Waals surface area contributed by atoms with Crippen molar-refractivity contribution in [1.29, 1.82) is 0 Å². The normalized spacial score (nSPS) is 10.6. The van der Waals surface area contributed by atoms with Crippen LogP contribution in [-0.4, -0.2) is 11.1 Å². The lowest BCUT2D eigenvalue weighted by molar-refractivity contribution is -0.304. The molecule has 0 atom stereocenters. The van der Waals surface area contributed by atoms with Gasteiger partial charge in [0.2, 0.25) is 0 Å². The summed E-state index contributed by atoms with van der Waals surface area (Å²) in [6.07, 6.45) is -0.212. The standard InChI is InChI=1S/C10H9NO3/c1-6-3-2-4-7-8(5-9(12)13)11-14-10(6)7/h2-4H,5H2,1H3,(H,12,13)/p-1. The highest BCUT2D eigenvalue weighted by molar-refractivity contribution is 5.85. The lowest BCUT2D eigenvalue weighted by atomic mass is 10.1. The molecule has 1 heterocycles. The molecule has 0 amide bonds. The van der Waals surface area contributed by atoms with E-state index in [1.165, 1.54) is 0 Å². The highest BCUT2D eigenvalue weighted by Gasteiger charge is 2.09. The van der Waals surface area contributed by atoms with Crippen LogP contribution < -0.4 is 5.11 Å². The minimum atomic E-state index is -1.15. The molecule has 0 N–H and O–H groups in total. The Morgan fingerprint density at radius 2 is 2.36 bits per heavy atom. The molecule has 0 radical (unpaired) electrons. The van der Waals surface area contributed by atoms with Gasteiger partial charge in [-0.1, -0.05) is 17.3 Å². The zero-order valence-corrected chi connectivity index (χ0v) is 7.61. The van der Waals surface area contributed by atoms with Gasteiger partial charge in [-0.25, -0.2) is 0 Å². The molecular weight excluding hydrogens is 182 g/mol. The lowest BCUT2D eigenvalue weighted by Gasteiger charge is -1.97. The summed E-state index contributed by atoms with van der Waals surface area (Å²) in [5, 5.41) is 14.8. The van der Waals surface area contributed by atoms with Crippen LogP contribution in [0.2, 0.25) is 0 Å². The van der Waals surface area contributed by atoms with E-state index in [0.717, 1.165) is 10.9 Å². The second kappa shape index (κ2) is 3.14. The number of hydrogen-bond donors (Lipinski definition) is 0. The van der Waals surface area contributed by atoms with Crippen molar-refractivity contribution in [3.8, 4) is 0 Å². The van der Waals surface area contributed by atoms with E-state index in [1.54, 1.807) is 6.07 Å². The van der Waals surface area contributed by atoms with Crippen LogP contribution in [0.3, 0.4) is 0 Å². The lowest BCUT2D eigenvalue weighted by Crippen LogP contribution is -2.24. The summed E-state index contributed by atoms with van der Waals surface area (Å²) in [4.78, 5) is 10.4. The maximum atomic E-state index is 10.4. The van der Waals surface area contributed by atoms with E-state index in [0.29, 0.717) is 11.3 Å². The molecule has 4 nitrogen and oxygen atoms in total. The molecule has 0 aliphatic carbocycles. The molecule has 0 unspecified atom stereocenters. The molecule has 0 saturated heterocycles. The summed E-state index contributed by atoms with van der Waals surface area (Å²) in [6.45, 7) is 1.89. The molecule has 4 heteroatoms. The minimum Gasteiger partial charge on any atom is -0.550 e. The Labute approximate surface area is 80.1 Å². The molecule has 72 valence electrons. The summed E-state index contributed by atoms with van der Waals surface area (Å²) in [5.41, 5.74) is 2.01. The van der Waals surface area contributed by atoms with E-state index >= 15 is 0 Å². The number of hydrogen-bond acceptors (Lipinski definition) is 4. The molecule has 1 aromatic carbocycles. The number of aryl methyl sites for hydroxylation is 1. The maximum absolute atomic E-state index is 10.4. The molecule has 2 aromatic rings. The maximum Gasteiger partial charge on any atom is 0.170 e. The van der Waals surface area contributed by atoms with Crippen molar-refractivity contribution >= 4 is 16.9 Å². The first-order valence-electron chi connectivity index (χ1n) is 4.22. The van der Waals surface area contributed by atoms with Gasteiger partial charge in [0.1, 0.15) is 0 Å². The summed E-state index contributed by atoms with van der Waals surface area (Å²) in [6, 6.07) is 5.51. The van der Waals surface area contributed by atoms with Gasteiger partial charge >= 0.3 is 0 Å². The van der Waals surface area contributed by atoms with Crippen LogP contribution in [0.1, 0.15) is 11.3 Å². The van der Waals surface area contributed by atoms with Gasteiger partial charge in [-0.2, -0.15) is 0 Å². The van der Waals surface area contributed by atoms with E-state index in [9.17, 15) is 9.90 Å². The van der Waals surface area contributed by atoms with Crippen molar-refractivity contribution in [3.05, 3.63) is 29.5 Å². The number of rotatable bonds is 2. The summed E-state index contributed by atoms with van der Waals surface area (Å²) in [7, 11) is 0. The van der Waals surface area contributed by atoms with Crippen molar-refractivity contribution in [2.45, 2.75) is 13.3 Å². The zero-order chi connectivity index (χ0) is 10.1. The van der Waals surface area contributed by atoms with E-state index in [2.05, 4.69) is 5.16 Å². The second-order valence-corrected chi connectivity index (χ2v) is 3.13. The first-order valence-corrected chi connectivity index (χ1v) is 4.22. The molecule has 0 spiro atoms. The van der Waals surface area contributed by atoms with Crippen LogP contribution >= 0.6 is 0 Å². The van der Waals surface area contributed by atoms with Crippen LogP contribution in [0.25, 0.3) is 11.0 Å².